The number of alkyl halides is 6. The Kier molecular flexibility index (Phi) is 6.72. The molecule has 0 unspecified atom stereocenters. The van der Waals surface area contributed by atoms with Crippen molar-refractivity contribution in [2.24, 2.45) is 0 Å². The maximum Gasteiger partial charge on any atom is 0.416 e. The van der Waals surface area contributed by atoms with Crippen LogP contribution in [0.5, 0.6) is 5.75 Å². The molecule has 2 aromatic carbocycles. The summed E-state index contributed by atoms with van der Waals surface area (Å²) in [6, 6.07) is 10.4. The van der Waals surface area contributed by atoms with Crippen LogP contribution in [0.1, 0.15) is 15.9 Å². The van der Waals surface area contributed by atoms with Crippen molar-refractivity contribution in [2.75, 3.05) is 12.4 Å². The smallest absolute Gasteiger partial charge is 0.416 e. The lowest BCUT2D eigenvalue weighted by molar-refractivity contribution is -0.137. The summed E-state index contributed by atoms with van der Waals surface area (Å²) >= 11 is 17.6. The predicted molar refractivity (Wildman–Crippen MR) is 99.6 cm³/mol. The van der Waals surface area contributed by atoms with Gasteiger partial charge >= 0.3 is 6.18 Å². The van der Waals surface area contributed by atoms with Crippen LogP contribution in [-0.2, 0) is 6.18 Å². The van der Waals surface area contributed by atoms with Gasteiger partial charge in [0.1, 0.15) is 11.9 Å². The van der Waals surface area contributed by atoms with Crippen LogP contribution >= 0.6 is 34.8 Å². The molecule has 0 heterocycles. The normalized spacial score (nSPS) is 13.0. The zero-order chi connectivity index (χ0) is 20.2. The summed E-state index contributed by atoms with van der Waals surface area (Å²) in [6.45, 7) is 0. The van der Waals surface area contributed by atoms with Gasteiger partial charge in [0.2, 0.25) is 3.79 Å². The summed E-state index contributed by atoms with van der Waals surface area (Å²) in [5, 5.41) is 5.05. The van der Waals surface area contributed by atoms with Gasteiger partial charge in [0.05, 0.1) is 12.7 Å². The maximum absolute atomic E-state index is 12.8. The Bertz CT molecular complexity index is 793. The number of hydrogen-bond donors (Lipinski definition) is 2. The van der Waals surface area contributed by atoms with E-state index in [0.717, 1.165) is 12.1 Å². The number of ether oxygens (including phenoxy) is 1. The highest BCUT2D eigenvalue weighted by molar-refractivity contribution is 6.68. The number of amides is 1. The molecule has 0 bridgehead atoms. The summed E-state index contributed by atoms with van der Waals surface area (Å²) in [5.74, 6) is -0.0416. The third-order valence-corrected chi connectivity index (χ3v) is 4.11. The second-order valence-corrected chi connectivity index (χ2v) is 7.77. The molecule has 2 N–H and O–H groups in total. The first-order chi connectivity index (χ1) is 12.5. The number of anilines is 1. The van der Waals surface area contributed by atoms with E-state index in [0.29, 0.717) is 5.75 Å². The topological polar surface area (TPSA) is 50.4 Å². The van der Waals surface area contributed by atoms with Crippen LogP contribution in [-0.4, -0.2) is 23.0 Å². The third-order valence-electron chi connectivity index (χ3n) is 3.46. The zero-order valence-corrected chi connectivity index (χ0v) is 16.0. The minimum Gasteiger partial charge on any atom is -0.497 e. The Morgan fingerprint density at radius 1 is 1.07 bits per heavy atom. The van der Waals surface area contributed by atoms with Crippen LogP contribution in [0, 0.1) is 0 Å². The first-order valence-corrected chi connectivity index (χ1v) is 8.59. The maximum atomic E-state index is 12.8. The van der Waals surface area contributed by atoms with Gasteiger partial charge in [-0.1, -0.05) is 40.9 Å². The third kappa shape index (κ3) is 6.09. The van der Waals surface area contributed by atoms with E-state index in [4.69, 9.17) is 39.5 Å². The molecule has 27 heavy (non-hydrogen) atoms. The van der Waals surface area contributed by atoms with Crippen LogP contribution < -0.4 is 15.4 Å². The number of carbonyl (C=O) groups excluding carboxylic acids is 1. The molecule has 0 radical (unpaired) electrons. The Hall–Kier alpha value is -1.83. The number of benzene rings is 2. The van der Waals surface area contributed by atoms with Crippen LogP contribution in [0.15, 0.2) is 48.5 Å². The monoisotopic (exact) mass is 440 g/mol. The van der Waals surface area contributed by atoms with Gasteiger partial charge in [-0.3, -0.25) is 4.79 Å². The largest absolute Gasteiger partial charge is 0.497 e. The van der Waals surface area contributed by atoms with Crippen molar-refractivity contribution in [2.45, 2.75) is 16.1 Å². The van der Waals surface area contributed by atoms with Crippen LogP contribution in [0.4, 0.5) is 18.9 Å². The molecule has 0 aromatic heterocycles. The highest BCUT2D eigenvalue weighted by Crippen LogP contribution is 2.34. The molecule has 10 heteroatoms. The standard InChI is InChI=1S/C17H14Cl3F3N2O2/c1-27-13-7-5-10(6-8-13)14(26)25-15(16(18,19)20)24-12-4-2-3-11(9-12)17(21,22)23/h2-9,15,24H,1H3,(H,25,26)/t15-/m0/s1. The number of carbonyl (C=O) groups is 1. The average Bonchev–Trinajstić information content (AvgIpc) is 2.60. The fourth-order valence-corrected chi connectivity index (χ4v) is 2.44. The number of methoxy groups -OCH3 is 1. The Morgan fingerprint density at radius 3 is 2.22 bits per heavy atom. The Labute approximate surface area is 168 Å². The summed E-state index contributed by atoms with van der Waals surface area (Å²) in [6.07, 6.45) is -5.82. The van der Waals surface area contributed by atoms with E-state index < -0.39 is 27.6 Å². The van der Waals surface area contributed by atoms with Crippen LogP contribution in [0.3, 0.4) is 0 Å². The van der Waals surface area contributed by atoms with Crippen molar-refractivity contribution in [1.82, 2.24) is 5.32 Å². The van der Waals surface area contributed by atoms with Crippen molar-refractivity contribution in [1.29, 1.82) is 0 Å². The quantitative estimate of drug-likeness (QED) is 0.492. The molecule has 0 saturated heterocycles. The molecular formula is C17H14Cl3F3N2O2. The molecule has 2 aromatic rings. The van der Waals surface area contributed by atoms with Gasteiger partial charge < -0.3 is 15.4 Å². The van der Waals surface area contributed by atoms with E-state index in [-0.39, 0.29) is 11.3 Å². The molecule has 0 spiro atoms. The minimum absolute atomic E-state index is 0.0242. The number of rotatable bonds is 5. The van der Waals surface area contributed by atoms with E-state index in [2.05, 4.69) is 10.6 Å². The molecule has 146 valence electrons. The highest BCUT2D eigenvalue weighted by Gasteiger charge is 2.35. The number of halogens is 6. The first-order valence-electron chi connectivity index (χ1n) is 7.46. The van der Waals surface area contributed by atoms with E-state index in [1.807, 2.05) is 0 Å². The van der Waals surface area contributed by atoms with E-state index in [1.54, 1.807) is 12.1 Å². The Balaban J connectivity index is 2.19. The molecule has 4 nitrogen and oxygen atoms in total. The molecule has 0 aliphatic rings. The molecular weight excluding hydrogens is 428 g/mol. The molecule has 2 rings (SSSR count). The molecule has 0 aliphatic carbocycles. The number of nitrogens with one attached hydrogen (secondary N) is 2. The van der Waals surface area contributed by atoms with Gasteiger partial charge in [0.15, 0.2) is 0 Å². The molecule has 1 atom stereocenters. The molecule has 0 fully saturated rings. The average molecular weight is 442 g/mol. The van der Waals surface area contributed by atoms with E-state index in [9.17, 15) is 18.0 Å². The van der Waals surface area contributed by atoms with Gasteiger partial charge in [-0.2, -0.15) is 13.2 Å². The zero-order valence-electron chi connectivity index (χ0n) is 13.8. The summed E-state index contributed by atoms with van der Waals surface area (Å²) in [7, 11) is 1.48. The lowest BCUT2D eigenvalue weighted by Crippen LogP contribution is -2.49. The Morgan fingerprint density at radius 2 is 1.70 bits per heavy atom. The summed E-state index contributed by atoms with van der Waals surface area (Å²) in [4.78, 5) is 12.4. The van der Waals surface area contributed by atoms with Crippen molar-refractivity contribution in [3.63, 3.8) is 0 Å². The summed E-state index contributed by atoms with van der Waals surface area (Å²) < 4.78 is 41.5. The lowest BCUT2D eigenvalue weighted by Gasteiger charge is -2.27. The SMILES string of the molecule is COc1ccc(C(=O)N[C@H](Nc2cccc(C(F)(F)F)c2)C(Cl)(Cl)Cl)cc1. The minimum atomic E-state index is -4.53. The lowest BCUT2D eigenvalue weighted by atomic mass is 10.2. The van der Waals surface area contributed by atoms with Crippen molar-refractivity contribution < 1.29 is 22.7 Å². The van der Waals surface area contributed by atoms with E-state index in [1.165, 1.54) is 31.4 Å². The van der Waals surface area contributed by atoms with E-state index >= 15 is 0 Å². The van der Waals surface area contributed by atoms with Crippen molar-refractivity contribution in [3.05, 3.63) is 59.7 Å². The second-order valence-electron chi connectivity index (χ2n) is 5.40. The van der Waals surface area contributed by atoms with Gasteiger partial charge in [-0.05, 0) is 42.5 Å². The number of hydrogen-bond acceptors (Lipinski definition) is 3. The highest BCUT2D eigenvalue weighted by atomic mass is 35.6. The van der Waals surface area contributed by atoms with Gasteiger partial charge in [-0.15, -0.1) is 0 Å². The first kappa shape index (κ1) is 21.5. The second kappa shape index (κ2) is 8.46. The van der Waals surface area contributed by atoms with Crippen LogP contribution in [0.25, 0.3) is 0 Å². The fourth-order valence-electron chi connectivity index (χ4n) is 2.11. The molecule has 0 aliphatic heterocycles. The van der Waals surface area contributed by atoms with Crippen molar-refractivity contribution >= 4 is 46.4 Å². The van der Waals surface area contributed by atoms with Crippen LogP contribution in [0.2, 0.25) is 0 Å². The van der Waals surface area contributed by atoms with Gasteiger partial charge in [0, 0.05) is 11.3 Å². The van der Waals surface area contributed by atoms with Gasteiger partial charge in [0.25, 0.3) is 5.91 Å². The predicted octanol–water partition coefficient (Wildman–Crippen LogP) is 5.25. The molecule has 0 saturated carbocycles. The molecule has 1 amide bonds. The summed E-state index contributed by atoms with van der Waals surface area (Å²) in [5.41, 5.74) is -0.603. The van der Waals surface area contributed by atoms with Crippen molar-refractivity contribution in [3.8, 4) is 5.75 Å². The fraction of sp³-hybridized carbons (Fsp3) is 0.235. The van der Waals surface area contributed by atoms with Gasteiger partial charge in [-0.25, -0.2) is 0 Å².